The number of amides is 1. The molecule has 1 aliphatic rings. The zero-order valence-corrected chi connectivity index (χ0v) is 21.4. The van der Waals surface area contributed by atoms with Crippen molar-refractivity contribution >= 4 is 33.5 Å². The van der Waals surface area contributed by atoms with Crippen LogP contribution in [-0.4, -0.2) is 31.1 Å². The van der Waals surface area contributed by atoms with E-state index < -0.39 is 0 Å². The Hall–Kier alpha value is -4.72. The molecule has 0 bridgehead atoms. The molecule has 0 spiro atoms. The number of furan rings is 1. The molecule has 1 aliphatic carbocycles. The van der Waals surface area contributed by atoms with Crippen LogP contribution < -0.4 is 5.32 Å². The fourth-order valence-electron chi connectivity index (χ4n) is 5.75. The van der Waals surface area contributed by atoms with Crippen LogP contribution in [0.1, 0.15) is 38.5 Å². The number of carbonyl (C=O) groups is 1. The van der Waals surface area contributed by atoms with Crippen molar-refractivity contribution in [1.29, 1.82) is 0 Å². The molecule has 1 amide bonds. The van der Waals surface area contributed by atoms with Gasteiger partial charge in [0, 0.05) is 51.8 Å². The lowest BCUT2D eigenvalue weighted by atomic mass is 9.87. The summed E-state index contributed by atoms with van der Waals surface area (Å²) in [4.78, 5) is 25.2. The quantitative estimate of drug-likeness (QED) is 0.214. The summed E-state index contributed by atoms with van der Waals surface area (Å²) >= 11 is 0. The lowest BCUT2D eigenvalue weighted by Crippen LogP contribution is -2.18. The molecule has 3 N–H and O–H groups in total. The summed E-state index contributed by atoms with van der Waals surface area (Å²) in [6, 6.07) is 14.3. The molecule has 39 heavy (non-hydrogen) atoms. The monoisotopic (exact) mass is 516 g/mol. The number of pyridine rings is 2. The third-order valence-electron chi connectivity index (χ3n) is 7.72. The van der Waals surface area contributed by atoms with Crippen LogP contribution in [0, 0.1) is 5.92 Å². The molecule has 8 nitrogen and oxygen atoms in total. The third-order valence-corrected chi connectivity index (χ3v) is 7.72. The van der Waals surface area contributed by atoms with E-state index in [4.69, 9.17) is 4.42 Å². The average Bonchev–Trinajstić information content (AvgIpc) is 3.73. The number of H-pyrrole nitrogens is 2. The van der Waals surface area contributed by atoms with Crippen molar-refractivity contribution in [2.75, 3.05) is 5.32 Å². The maximum Gasteiger partial charge on any atom is 0.224 e. The summed E-state index contributed by atoms with van der Waals surface area (Å²) in [6.45, 7) is 0. The first kappa shape index (κ1) is 23.4. The number of nitrogens with zero attached hydrogens (tertiary/aromatic N) is 3. The van der Waals surface area contributed by atoms with E-state index in [1.54, 1.807) is 31.1 Å². The van der Waals surface area contributed by atoms with Crippen LogP contribution in [-0.2, 0) is 4.79 Å². The Morgan fingerprint density at radius 1 is 0.974 bits per heavy atom. The molecule has 0 aliphatic heterocycles. The number of aromatic nitrogens is 5. The van der Waals surface area contributed by atoms with Gasteiger partial charge in [0.05, 0.1) is 30.1 Å². The Balaban J connectivity index is 1.19. The minimum absolute atomic E-state index is 0.0557. The minimum atomic E-state index is 0.0557. The lowest BCUT2D eigenvalue weighted by molar-refractivity contribution is -0.117. The number of hydrogen-bond acceptors (Lipinski definition) is 5. The molecule has 0 radical (unpaired) electrons. The number of fused-ring (bicyclic) bond motifs is 2. The maximum atomic E-state index is 12.7. The molecule has 5 aromatic heterocycles. The van der Waals surface area contributed by atoms with Gasteiger partial charge in [-0.15, -0.1) is 0 Å². The van der Waals surface area contributed by atoms with Gasteiger partial charge >= 0.3 is 0 Å². The van der Waals surface area contributed by atoms with Crippen molar-refractivity contribution in [2.24, 2.45) is 5.92 Å². The van der Waals surface area contributed by atoms with Crippen LogP contribution in [0.25, 0.3) is 55.6 Å². The van der Waals surface area contributed by atoms with Gasteiger partial charge in [-0.05, 0) is 54.7 Å². The Morgan fingerprint density at radius 3 is 2.74 bits per heavy atom. The smallest absolute Gasteiger partial charge is 0.224 e. The average molecular weight is 517 g/mol. The highest BCUT2D eigenvalue weighted by atomic mass is 16.3. The van der Waals surface area contributed by atoms with E-state index in [9.17, 15) is 4.79 Å². The molecular weight excluding hydrogens is 488 g/mol. The van der Waals surface area contributed by atoms with Crippen LogP contribution >= 0.6 is 0 Å². The number of hydrogen-bond donors (Lipinski definition) is 3. The molecule has 0 unspecified atom stereocenters. The largest absolute Gasteiger partial charge is 0.472 e. The van der Waals surface area contributed by atoms with E-state index >= 15 is 0 Å². The zero-order valence-electron chi connectivity index (χ0n) is 21.4. The van der Waals surface area contributed by atoms with Crippen LogP contribution in [0.5, 0.6) is 0 Å². The second-order valence-electron chi connectivity index (χ2n) is 10.4. The topological polar surface area (TPSA) is 112 Å². The maximum absolute atomic E-state index is 12.7. The van der Waals surface area contributed by atoms with E-state index in [0.717, 1.165) is 62.8 Å². The Bertz CT molecular complexity index is 1780. The van der Waals surface area contributed by atoms with Gasteiger partial charge in [-0.1, -0.05) is 31.4 Å². The van der Waals surface area contributed by atoms with Crippen LogP contribution in [0.3, 0.4) is 0 Å². The molecule has 5 heterocycles. The highest BCUT2D eigenvalue weighted by Gasteiger charge is 2.18. The number of nitrogens with one attached hydrogen (secondary N) is 3. The fourth-order valence-corrected chi connectivity index (χ4v) is 5.75. The summed E-state index contributed by atoms with van der Waals surface area (Å²) in [5.41, 5.74) is 8.00. The van der Waals surface area contributed by atoms with Crippen molar-refractivity contribution < 1.29 is 9.21 Å². The number of rotatable bonds is 6. The van der Waals surface area contributed by atoms with Crippen LogP contribution in [0.4, 0.5) is 5.69 Å². The third kappa shape index (κ3) is 4.58. The Labute approximate surface area is 224 Å². The van der Waals surface area contributed by atoms with Gasteiger partial charge in [0.25, 0.3) is 0 Å². The Kier molecular flexibility index (Phi) is 5.92. The number of aromatic amines is 2. The summed E-state index contributed by atoms with van der Waals surface area (Å²) < 4.78 is 5.31. The van der Waals surface area contributed by atoms with Gasteiger partial charge in [0.1, 0.15) is 5.69 Å². The second-order valence-corrected chi connectivity index (χ2v) is 10.4. The number of anilines is 1. The lowest BCUT2D eigenvalue weighted by Gasteiger charge is -2.20. The predicted octanol–water partition coefficient (Wildman–Crippen LogP) is 7.34. The minimum Gasteiger partial charge on any atom is -0.472 e. The van der Waals surface area contributed by atoms with Crippen molar-refractivity contribution in [3.05, 3.63) is 73.6 Å². The van der Waals surface area contributed by atoms with Gasteiger partial charge in [-0.3, -0.25) is 14.9 Å². The molecule has 1 aromatic carbocycles. The van der Waals surface area contributed by atoms with Gasteiger partial charge < -0.3 is 14.7 Å². The van der Waals surface area contributed by atoms with Gasteiger partial charge in [-0.2, -0.15) is 5.10 Å². The molecular formula is C31H28N6O2. The van der Waals surface area contributed by atoms with Crippen molar-refractivity contribution in [3.63, 3.8) is 0 Å². The molecule has 0 atom stereocenters. The van der Waals surface area contributed by atoms with Crippen LogP contribution in [0.15, 0.2) is 78.0 Å². The molecule has 1 fully saturated rings. The normalized spacial score (nSPS) is 14.3. The summed E-state index contributed by atoms with van der Waals surface area (Å²) in [5, 5.41) is 12.7. The van der Waals surface area contributed by atoms with Crippen LogP contribution in [0.2, 0.25) is 0 Å². The van der Waals surface area contributed by atoms with E-state index in [0.29, 0.717) is 23.7 Å². The first-order chi connectivity index (χ1) is 19.2. The van der Waals surface area contributed by atoms with Gasteiger partial charge in [0.2, 0.25) is 5.91 Å². The summed E-state index contributed by atoms with van der Waals surface area (Å²) in [5.74, 6) is 0.543. The van der Waals surface area contributed by atoms with E-state index in [1.807, 2.05) is 18.2 Å². The molecule has 8 heteroatoms. The van der Waals surface area contributed by atoms with Crippen molar-refractivity contribution in [1.82, 2.24) is 25.1 Å². The SMILES string of the molecule is O=C(CC1CCCCC1)Nc1cncc(-c2cnc3[nH]nc(-c4cc5c(-c6ccoc6)cccc5[nH]4)c3c2)c1. The Morgan fingerprint density at radius 2 is 1.87 bits per heavy atom. The van der Waals surface area contributed by atoms with Crippen molar-refractivity contribution in [2.45, 2.75) is 38.5 Å². The number of carbonyl (C=O) groups excluding carboxylic acids is 1. The van der Waals surface area contributed by atoms with Gasteiger partial charge in [-0.25, -0.2) is 4.98 Å². The molecule has 1 saturated carbocycles. The molecule has 194 valence electrons. The highest BCUT2D eigenvalue weighted by Crippen LogP contribution is 2.35. The van der Waals surface area contributed by atoms with E-state index in [2.05, 4.69) is 54.7 Å². The molecule has 0 saturated heterocycles. The first-order valence-corrected chi connectivity index (χ1v) is 13.5. The standard InChI is InChI=1S/C31H28N6O2/c38-29(11-19-5-2-1-3-6-19)34-23-12-21(15-32-17-23)22-13-26-30(36-37-31(26)33-16-22)28-14-25-24(20-9-10-39-18-20)7-4-8-27(25)35-28/h4,7-10,12-19,35H,1-3,5-6,11H2,(H,34,38)(H,33,36,37). The summed E-state index contributed by atoms with van der Waals surface area (Å²) in [6.07, 6.45) is 15.3. The molecule has 6 aromatic rings. The van der Waals surface area contributed by atoms with Crippen molar-refractivity contribution in [3.8, 4) is 33.6 Å². The highest BCUT2D eigenvalue weighted by molar-refractivity contribution is 6.01. The molecule has 7 rings (SSSR count). The fraction of sp³-hybridized carbons (Fsp3) is 0.226. The van der Waals surface area contributed by atoms with E-state index in [-0.39, 0.29) is 5.91 Å². The first-order valence-electron chi connectivity index (χ1n) is 13.5. The summed E-state index contributed by atoms with van der Waals surface area (Å²) in [7, 11) is 0. The van der Waals surface area contributed by atoms with Gasteiger partial charge in [0.15, 0.2) is 5.65 Å². The zero-order chi connectivity index (χ0) is 26.2. The number of benzene rings is 1. The second kappa shape index (κ2) is 9.87. The van der Waals surface area contributed by atoms with E-state index in [1.165, 1.54) is 19.3 Å². The predicted molar refractivity (Wildman–Crippen MR) is 152 cm³/mol.